The molecule has 3 N–H and O–H groups in total. The standard InChI is InChI=1S/C16H7ClFN5OS/c17-8-2-1-3-9(18)11(8)10-7(6-19)13(20)21-14-12(10)15(24)22-16-23(14)4-5-25-16/h1-5H,(H2,20,21,24)/p+1. The number of nitrogens with two attached hydrogens (primary N) is 1. The molecule has 3 aromatic heterocycles. The van der Waals surface area contributed by atoms with E-state index in [9.17, 15) is 14.4 Å². The molecular formula is C16H8ClFN5OS+. The predicted molar refractivity (Wildman–Crippen MR) is 92.9 cm³/mol. The smallest absolute Gasteiger partial charge is 0.319 e. The molecule has 0 aliphatic rings. The number of thiazole rings is 1. The third-order valence-corrected chi connectivity index (χ3v) is 4.91. The summed E-state index contributed by atoms with van der Waals surface area (Å²) in [7, 11) is 0. The third kappa shape index (κ3) is 2.17. The molecule has 0 saturated carbocycles. The van der Waals surface area contributed by atoms with Crippen LogP contribution in [0, 0.1) is 17.1 Å². The number of aromatic nitrogens is 3. The number of rotatable bonds is 1. The Kier molecular flexibility index (Phi) is 3.42. The topological polar surface area (TPSA) is 99.7 Å². The number of aromatic amines is 1. The summed E-state index contributed by atoms with van der Waals surface area (Å²) in [5.41, 5.74) is 5.53. The molecule has 1 aromatic carbocycles. The van der Waals surface area contributed by atoms with Gasteiger partial charge in [-0.05, 0) is 12.1 Å². The van der Waals surface area contributed by atoms with Crippen molar-refractivity contribution in [2.45, 2.75) is 0 Å². The lowest BCUT2D eigenvalue weighted by Crippen LogP contribution is -2.28. The fraction of sp³-hybridized carbons (Fsp3) is 0. The van der Waals surface area contributed by atoms with E-state index in [0.29, 0.717) is 4.96 Å². The molecule has 25 heavy (non-hydrogen) atoms. The van der Waals surface area contributed by atoms with Crippen molar-refractivity contribution in [3.05, 3.63) is 56.5 Å². The minimum atomic E-state index is -0.661. The van der Waals surface area contributed by atoms with Gasteiger partial charge in [0, 0.05) is 16.5 Å². The molecule has 9 heteroatoms. The van der Waals surface area contributed by atoms with Crippen molar-refractivity contribution in [2.75, 3.05) is 5.73 Å². The van der Waals surface area contributed by atoms with Gasteiger partial charge in [0.1, 0.15) is 22.8 Å². The molecule has 0 fully saturated rings. The molecule has 0 aliphatic heterocycles. The van der Waals surface area contributed by atoms with E-state index in [1.807, 2.05) is 6.07 Å². The van der Waals surface area contributed by atoms with Gasteiger partial charge in [-0.2, -0.15) is 9.66 Å². The van der Waals surface area contributed by atoms with Crippen molar-refractivity contribution in [1.82, 2.24) is 9.97 Å². The molecule has 0 aliphatic carbocycles. The number of benzene rings is 1. The maximum Gasteiger partial charge on any atom is 0.319 e. The minimum absolute atomic E-state index is 0.0370. The van der Waals surface area contributed by atoms with E-state index < -0.39 is 11.4 Å². The predicted octanol–water partition coefficient (Wildman–Crippen LogP) is 2.64. The van der Waals surface area contributed by atoms with Gasteiger partial charge in [0.25, 0.3) is 10.6 Å². The number of hydrogen-bond donors (Lipinski definition) is 2. The van der Waals surface area contributed by atoms with E-state index in [2.05, 4.69) is 9.97 Å². The summed E-state index contributed by atoms with van der Waals surface area (Å²) in [6.45, 7) is 0. The highest BCUT2D eigenvalue weighted by Crippen LogP contribution is 2.37. The molecular weight excluding hydrogens is 365 g/mol. The van der Waals surface area contributed by atoms with Crippen LogP contribution >= 0.6 is 22.9 Å². The van der Waals surface area contributed by atoms with Crippen LogP contribution in [0.15, 0.2) is 34.6 Å². The second kappa shape index (κ2) is 5.51. The molecule has 4 aromatic rings. The van der Waals surface area contributed by atoms with E-state index in [1.54, 1.807) is 16.0 Å². The van der Waals surface area contributed by atoms with Crippen molar-refractivity contribution < 1.29 is 8.79 Å². The van der Waals surface area contributed by atoms with E-state index in [-0.39, 0.29) is 38.6 Å². The molecule has 0 radical (unpaired) electrons. The highest BCUT2D eigenvalue weighted by molar-refractivity contribution is 7.14. The molecule has 122 valence electrons. The Bertz CT molecular complexity index is 1250. The van der Waals surface area contributed by atoms with Crippen molar-refractivity contribution >= 4 is 44.7 Å². The first-order valence-corrected chi connectivity index (χ1v) is 8.27. The van der Waals surface area contributed by atoms with Gasteiger partial charge in [0.2, 0.25) is 5.82 Å². The van der Waals surface area contributed by atoms with Crippen LogP contribution in [0.1, 0.15) is 5.56 Å². The highest BCUT2D eigenvalue weighted by Gasteiger charge is 2.27. The molecule has 6 nitrogen and oxygen atoms in total. The first-order valence-electron chi connectivity index (χ1n) is 7.01. The van der Waals surface area contributed by atoms with Crippen molar-refractivity contribution in [3.8, 4) is 17.2 Å². The molecule has 0 saturated heterocycles. The van der Waals surface area contributed by atoms with Crippen molar-refractivity contribution in [2.24, 2.45) is 0 Å². The fourth-order valence-corrected chi connectivity index (χ4v) is 3.76. The first-order chi connectivity index (χ1) is 12.0. The molecule has 3 heterocycles. The molecule has 0 atom stereocenters. The Balaban J connectivity index is 2.35. The van der Waals surface area contributed by atoms with Gasteiger partial charge in [-0.3, -0.25) is 4.79 Å². The number of H-pyrrole nitrogens is 1. The minimum Gasteiger partial charge on any atom is -0.369 e. The number of nitrogens with zero attached hydrogens (tertiary/aromatic N) is 3. The second-order valence-corrected chi connectivity index (χ2v) is 6.49. The number of halogens is 2. The van der Waals surface area contributed by atoms with Crippen LogP contribution in [0.25, 0.3) is 27.1 Å². The van der Waals surface area contributed by atoms with E-state index in [0.717, 1.165) is 0 Å². The van der Waals surface area contributed by atoms with Gasteiger partial charge >= 0.3 is 5.56 Å². The van der Waals surface area contributed by atoms with Gasteiger partial charge in [-0.15, -0.1) is 0 Å². The van der Waals surface area contributed by atoms with E-state index >= 15 is 0 Å². The number of fused-ring (bicyclic) bond motifs is 3. The molecule has 4 rings (SSSR count). The normalized spacial score (nSPS) is 11.1. The van der Waals surface area contributed by atoms with Crippen LogP contribution in [0.4, 0.5) is 10.2 Å². The quantitative estimate of drug-likeness (QED) is 0.501. The lowest BCUT2D eigenvalue weighted by atomic mass is 9.97. The zero-order chi connectivity index (χ0) is 17.7. The maximum absolute atomic E-state index is 14.5. The number of nitrogen functional groups attached to an aromatic ring is 1. The van der Waals surface area contributed by atoms with Crippen LogP contribution in [0.5, 0.6) is 0 Å². The molecule has 0 bridgehead atoms. The Morgan fingerprint density at radius 1 is 1.40 bits per heavy atom. The Morgan fingerprint density at radius 2 is 2.20 bits per heavy atom. The Hall–Kier alpha value is -3.02. The molecule has 0 amide bonds. The fourth-order valence-electron chi connectivity index (χ4n) is 2.78. The van der Waals surface area contributed by atoms with Gasteiger partial charge in [-0.1, -0.05) is 34.0 Å². The van der Waals surface area contributed by atoms with Crippen LogP contribution in [-0.2, 0) is 0 Å². The van der Waals surface area contributed by atoms with E-state index in [4.69, 9.17) is 17.3 Å². The molecule has 0 spiro atoms. The zero-order valence-corrected chi connectivity index (χ0v) is 14.0. The summed E-state index contributed by atoms with van der Waals surface area (Å²) in [4.78, 5) is 20.1. The largest absolute Gasteiger partial charge is 0.369 e. The SMILES string of the molecule is N#Cc1c(N)nc2c(c1-c1c(F)cccc1Cl)c(=O)[nH]c1scc[n+]12. The monoisotopic (exact) mass is 372 g/mol. The number of anilines is 1. The van der Waals surface area contributed by atoms with Crippen molar-refractivity contribution in [1.29, 1.82) is 5.26 Å². The number of pyridine rings is 1. The summed E-state index contributed by atoms with van der Waals surface area (Å²) in [6.07, 6.45) is 1.70. The number of nitriles is 1. The first kappa shape index (κ1) is 15.5. The number of nitrogens with one attached hydrogen (secondary N) is 1. The van der Waals surface area contributed by atoms with Crippen LogP contribution in [-0.4, -0.2) is 9.97 Å². The van der Waals surface area contributed by atoms with E-state index in [1.165, 1.54) is 29.5 Å². The average molecular weight is 373 g/mol. The van der Waals surface area contributed by atoms with Gasteiger partial charge < -0.3 is 5.73 Å². The number of hydrogen-bond acceptors (Lipinski definition) is 5. The second-order valence-electron chi connectivity index (χ2n) is 5.19. The summed E-state index contributed by atoms with van der Waals surface area (Å²) in [5, 5.41) is 11.4. The van der Waals surface area contributed by atoms with Gasteiger partial charge in [-0.25, -0.2) is 9.37 Å². The lowest BCUT2D eigenvalue weighted by molar-refractivity contribution is -0.482. The van der Waals surface area contributed by atoms with Gasteiger partial charge in [0.15, 0.2) is 0 Å². The van der Waals surface area contributed by atoms with Crippen LogP contribution < -0.4 is 15.7 Å². The lowest BCUT2D eigenvalue weighted by Gasteiger charge is -2.10. The Labute approximate surface area is 148 Å². The summed E-state index contributed by atoms with van der Waals surface area (Å²) < 4.78 is 16.1. The summed E-state index contributed by atoms with van der Waals surface area (Å²) >= 11 is 7.47. The Morgan fingerprint density at radius 3 is 2.92 bits per heavy atom. The van der Waals surface area contributed by atoms with Gasteiger partial charge in [0.05, 0.1) is 11.2 Å². The van der Waals surface area contributed by atoms with Crippen molar-refractivity contribution in [3.63, 3.8) is 0 Å². The summed E-state index contributed by atoms with van der Waals surface area (Å²) in [5.74, 6) is -0.763. The third-order valence-electron chi connectivity index (χ3n) is 3.81. The maximum atomic E-state index is 14.5. The van der Waals surface area contributed by atoms with Crippen LogP contribution in [0.2, 0.25) is 5.02 Å². The average Bonchev–Trinajstić information content (AvgIpc) is 3.02. The van der Waals surface area contributed by atoms with Crippen LogP contribution in [0.3, 0.4) is 0 Å². The zero-order valence-electron chi connectivity index (χ0n) is 12.4. The highest BCUT2D eigenvalue weighted by atomic mass is 35.5. The summed E-state index contributed by atoms with van der Waals surface area (Å²) in [6, 6.07) is 6.03. The molecule has 0 unspecified atom stereocenters.